The molecule has 0 unspecified atom stereocenters. The van der Waals surface area contributed by atoms with Crippen LogP contribution in [0.5, 0.6) is 11.5 Å². The molecule has 4 aromatic carbocycles. The van der Waals surface area contributed by atoms with Gasteiger partial charge in [0, 0.05) is 51.7 Å². The van der Waals surface area contributed by atoms with Gasteiger partial charge in [0.05, 0.1) is 28.7 Å². The van der Waals surface area contributed by atoms with E-state index in [0.29, 0.717) is 32.4 Å². The van der Waals surface area contributed by atoms with Crippen molar-refractivity contribution in [3.8, 4) is 21.9 Å². The molecule has 1 aliphatic heterocycles. The van der Waals surface area contributed by atoms with Crippen LogP contribution in [0.1, 0.15) is 120 Å². The number of aromatic hydroxyl groups is 1. The number of phenolic OH excluding ortho intramolecular Hbond substituents is 1. The lowest BCUT2D eigenvalue weighted by Crippen LogP contribution is -2.50. The molecule has 0 radical (unpaired) electrons. The number of Topliss-reactive ketones (excluding diaryl/α,β-unsaturated/α-hetero) is 1. The summed E-state index contributed by atoms with van der Waals surface area (Å²) >= 11 is 1.58. The molecule has 0 bridgehead atoms. The van der Waals surface area contributed by atoms with Crippen LogP contribution < -0.4 is 10.1 Å². The third-order valence-electron chi connectivity index (χ3n) is 13.1. The van der Waals surface area contributed by atoms with Gasteiger partial charge in [0.2, 0.25) is 17.7 Å². The minimum Gasteiger partial charge on any atom is -0.508 e. The first-order chi connectivity index (χ1) is 33.1. The molecule has 1 aromatic heterocycles. The summed E-state index contributed by atoms with van der Waals surface area (Å²) in [5, 5.41) is 23.5. The SMILES string of the molecule is CCC(=C(c1ccc(O)cc1)c1ccc(OCCN(C)C(=O)CCCCCCCC(=O)C[C@H](C(=O)N2C[C@H](O)C[C@H]2C(=O)NCc2ccc(-c3scnc3C)cc2)C(C)(C)C)cc1)c1ccccc1. The highest BCUT2D eigenvalue weighted by Crippen LogP contribution is 2.37. The van der Waals surface area contributed by atoms with Crippen LogP contribution in [0.2, 0.25) is 0 Å². The zero-order chi connectivity index (χ0) is 49.5. The maximum atomic E-state index is 14.1. The van der Waals surface area contributed by atoms with Gasteiger partial charge in [-0.05, 0) is 94.8 Å². The minimum atomic E-state index is -0.820. The van der Waals surface area contributed by atoms with Crippen molar-refractivity contribution in [1.82, 2.24) is 20.1 Å². The third-order valence-corrected chi connectivity index (χ3v) is 14.1. The number of hydrogen-bond acceptors (Lipinski definition) is 9. The number of ketones is 1. The number of likely N-dealkylation sites (N-methyl/N-ethyl adjacent to an activating group) is 1. The number of benzene rings is 4. The topological polar surface area (TPSA) is 149 Å². The number of carbonyl (C=O) groups is 4. The van der Waals surface area contributed by atoms with Gasteiger partial charge in [-0.3, -0.25) is 19.2 Å². The number of aliphatic hydroxyl groups excluding tert-OH is 1. The standard InChI is InChI=1S/C57H70N4O7S/c1-7-49(41-16-12-11-13-17-41)53(42-24-28-45(62)29-25-42)43-26-30-48(31-27-43)68-33-32-60(6)52(65)19-15-10-8-9-14-18-46(63)34-50(57(3,4)5)56(67)61-37-47(64)35-51(61)55(66)58-36-40-20-22-44(23-21-40)54-39(2)59-38-69-54/h11-13,16-17,20-31,38,47,50-51,62,64H,7-10,14-15,18-19,32-37H2,1-6H3,(H,58,66)/t47-,50-,51+/m1/s1. The summed E-state index contributed by atoms with van der Waals surface area (Å²) in [6, 6.07) is 32.8. The van der Waals surface area contributed by atoms with Crippen LogP contribution in [-0.2, 0) is 25.7 Å². The molecule has 3 atom stereocenters. The van der Waals surface area contributed by atoms with Crippen molar-refractivity contribution in [3.63, 3.8) is 0 Å². The molecule has 6 rings (SSSR count). The summed E-state index contributed by atoms with van der Waals surface area (Å²) in [7, 11) is 1.80. The molecule has 11 nitrogen and oxygen atoms in total. The number of nitrogens with zero attached hydrogens (tertiary/aromatic N) is 3. The van der Waals surface area contributed by atoms with Crippen LogP contribution in [0.3, 0.4) is 0 Å². The quantitative estimate of drug-likeness (QED) is 0.0433. The van der Waals surface area contributed by atoms with Crippen molar-refractivity contribution >= 4 is 46.0 Å². The fourth-order valence-corrected chi connectivity index (χ4v) is 9.84. The average molecular weight is 955 g/mol. The summed E-state index contributed by atoms with van der Waals surface area (Å²) in [5.41, 5.74) is 9.77. The smallest absolute Gasteiger partial charge is 0.243 e. The molecule has 2 heterocycles. The van der Waals surface area contributed by atoms with Gasteiger partial charge < -0.3 is 30.1 Å². The molecule has 1 aliphatic rings. The average Bonchev–Trinajstić information content (AvgIpc) is 3.96. The Kier molecular flexibility index (Phi) is 18.9. The number of unbranched alkanes of at least 4 members (excludes halogenated alkanes) is 4. The molecule has 0 spiro atoms. The van der Waals surface area contributed by atoms with E-state index in [9.17, 15) is 29.4 Å². The number of aryl methyl sites for hydroxylation is 1. The van der Waals surface area contributed by atoms with Crippen molar-refractivity contribution in [2.75, 3.05) is 26.7 Å². The Balaban J connectivity index is 0.886. The number of phenols is 1. The normalized spacial score (nSPS) is 15.6. The second-order valence-corrected chi connectivity index (χ2v) is 20.2. The van der Waals surface area contributed by atoms with Crippen molar-refractivity contribution in [2.24, 2.45) is 11.3 Å². The first kappa shape index (κ1) is 52.3. The van der Waals surface area contributed by atoms with E-state index in [1.807, 2.05) is 99.9 Å². The van der Waals surface area contributed by atoms with Gasteiger partial charge >= 0.3 is 0 Å². The molecule has 1 saturated heterocycles. The van der Waals surface area contributed by atoms with E-state index in [1.165, 1.54) is 10.5 Å². The number of aliphatic hydroxyl groups is 1. The predicted molar refractivity (Wildman–Crippen MR) is 275 cm³/mol. The summed E-state index contributed by atoms with van der Waals surface area (Å²) in [4.78, 5) is 62.5. The lowest BCUT2D eigenvalue weighted by molar-refractivity contribution is -0.146. The van der Waals surface area contributed by atoms with Crippen LogP contribution in [0.25, 0.3) is 21.6 Å². The Bertz CT molecular complexity index is 2500. The van der Waals surface area contributed by atoms with Crippen molar-refractivity contribution < 1.29 is 34.1 Å². The highest BCUT2D eigenvalue weighted by atomic mass is 32.1. The van der Waals surface area contributed by atoms with Crippen molar-refractivity contribution in [2.45, 2.75) is 118 Å². The number of ether oxygens (including phenoxy) is 1. The van der Waals surface area contributed by atoms with Gasteiger partial charge in [0.25, 0.3) is 0 Å². The van der Waals surface area contributed by atoms with Crippen LogP contribution in [0.15, 0.2) is 109 Å². The molecular weight excluding hydrogens is 885 g/mol. The van der Waals surface area contributed by atoms with Crippen molar-refractivity contribution in [3.05, 3.63) is 137 Å². The maximum Gasteiger partial charge on any atom is 0.243 e. The van der Waals surface area contributed by atoms with E-state index in [2.05, 4.69) is 41.5 Å². The van der Waals surface area contributed by atoms with E-state index in [4.69, 9.17) is 4.74 Å². The Morgan fingerprint density at radius 2 is 1.49 bits per heavy atom. The van der Waals surface area contributed by atoms with Crippen LogP contribution in [0, 0.1) is 18.3 Å². The third kappa shape index (κ3) is 14.7. The number of thiazole rings is 1. The monoisotopic (exact) mass is 954 g/mol. The maximum absolute atomic E-state index is 14.1. The number of β-amino-alcohol motifs (C(OH)–C–C–N with tert-alkyl or cyclic N) is 1. The Morgan fingerprint density at radius 1 is 0.855 bits per heavy atom. The summed E-state index contributed by atoms with van der Waals surface area (Å²) < 4.78 is 6.06. The second kappa shape index (κ2) is 25.0. The van der Waals surface area contributed by atoms with E-state index < -0.39 is 23.5 Å². The van der Waals surface area contributed by atoms with E-state index >= 15 is 0 Å². The van der Waals surface area contributed by atoms with Gasteiger partial charge in [-0.25, -0.2) is 4.98 Å². The number of allylic oxidation sites excluding steroid dienone is 1. The number of aromatic nitrogens is 1. The number of likely N-dealkylation sites (tertiary alicyclic amines) is 1. The van der Waals surface area contributed by atoms with Gasteiger partial charge in [0.1, 0.15) is 29.9 Å². The fourth-order valence-electron chi connectivity index (χ4n) is 9.03. The molecule has 3 N–H and O–H groups in total. The fraction of sp³-hybridized carbons (Fsp3) is 0.421. The van der Waals surface area contributed by atoms with Gasteiger partial charge in [-0.15, -0.1) is 11.3 Å². The number of carbonyl (C=O) groups excluding carboxylic acids is 4. The van der Waals surface area contributed by atoms with Gasteiger partial charge in [-0.2, -0.15) is 0 Å². The first-order valence-electron chi connectivity index (χ1n) is 24.5. The number of rotatable bonds is 23. The molecule has 12 heteroatoms. The van der Waals surface area contributed by atoms with Crippen molar-refractivity contribution in [1.29, 1.82) is 0 Å². The molecule has 366 valence electrons. The van der Waals surface area contributed by atoms with Crippen LogP contribution >= 0.6 is 11.3 Å². The zero-order valence-corrected chi connectivity index (χ0v) is 42.0. The minimum absolute atomic E-state index is 0.0142. The van der Waals surface area contributed by atoms with Crippen LogP contribution in [-0.4, -0.2) is 87.4 Å². The molecule has 0 saturated carbocycles. The van der Waals surface area contributed by atoms with Gasteiger partial charge in [0.15, 0.2) is 0 Å². The zero-order valence-electron chi connectivity index (χ0n) is 41.2. The highest BCUT2D eigenvalue weighted by molar-refractivity contribution is 7.13. The summed E-state index contributed by atoms with van der Waals surface area (Å²) in [6.07, 6.45) is 5.14. The molecular formula is C57H70N4O7S. The number of nitrogens with one attached hydrogen (secondary N) is 1. The van der Waals surface area contributed by atoms with E-state index in [0.717, 1.165) is 81.8 Å². The largest absolute Gasteiger partial charge is 0.508 e. The molecule has 1 fully saturated rings. The lowest BCUT2D eigenvalue weighted by atomic mass is 9.76. The Hall–Kier alpha value is -6.11. The predicted octanol–water partition coefficient (Wildman–Crippen LogP) is 10.7. The molecule has 3 amide bonds. The number of amides is 3. The van der Waals surface area contributed by atoms with Gasteiger partial charge in [-0.1, -0.05) is 126 Å². The highest BCUT2D eigenvalue weighted by Gasteiger charge is 2.44. The molecule has 0 aliphatic carbocycles. The van der Waals surface area contributed by atoms with E-state index in [-0.39, 0.29) is 55.2 Å². The lowest BCUT2D eigenvalue weighted by Gasteiger charge is -2.34. The Morgan fingerprint density at radius 3 is 2.12 bits per heavy atom. The first-order valence-corrected chi connectivity index (χ1v) is 25.3. The molecule has 69 heavy (non-hydrogen) atoms. The summed E-state index contributed by atoms with van der Waals surface area (Å²) in [5.74, 6) is -0.195. The number of hydrogen-bond donors (Lipinski definition) is 3. The summed E-state index contributed by atoms with van der Waals surface area (Å²) in [6.45, 7) is 11.1. The van der Waals surface area contributed by atoms with E-state index in [1.54, 1.807) is 35.4 Å². The van der Waals surface area contributed by atoms with Crippen LogP contribution in [0.4, 0.5) is 0 Å². The molecule has 5 aromatic rings. The Labute approximate surface area is 412 Å². The second-order valence-electron chi connectivity index (χ2n) is 19.3.